The summed E-state index contributed by atoms with van der Waals surface area (Å²) in [4.78, 5) is 7.97. The van der Waals surface area contributed by atoms with E-state index in [1.807, 2.05) is 6.07 Å². The predicted molar refractivity (Wildman–Crippen MR) is 49.6 cm³/mol. The molecule has 2 heterocycles. The van der Waals surface area contributed by atoms with Gasteiger partial charge in [-0.15, -0.1) is 0 Å². The van der Waals surface area contributed by atoms with Gasteiger partial charge in [-0.2, -0.15) is 5.26 Å². The van der Waals surface area contributed by atoms with E-state index in [0.29, 0.717) is 24.2 Å². The Balaban J connectivity index is 1.99. The summed E-state index contributed by atoms with van der Waals surface area (Å²) < 4.78 is 5.21. The maximum atomic E-state index is 8.52. The summed E-state index contributed by atoms with van der Waals surface area (Å²) in [5, 5.41) is 11.7. The molecule has 1 atom stereocenters. The number of ether oxygens (including phenoxy) is 1. The zero-order valence-electron chi connectivity index (χ0n) is 7.60. The van der Waals surface area contributed by atoms with E-state index in [0.717, 1.165) is 13.0 Å². The number of anilines is 1. The lowest BCUT2D eigenvalue weighted by atomic mass is 10.3. The molecule has 1 saturated heterocycles. The lowest BCUT2D eigenvalue weighted by molar-refractivity contribution is 0.195. The number of nitrogens with one attached hydrogen (secondary N) is 1. The van der Waals surface area contributed by atoms with E-state index in [9.17, 15) is 0 Å². The normalized spacial score (nSPS) is 20.4. The van der Waals surface area contributed by atoms with Crippen LogP contribution in [0.2, 0.25) is 0 Å². The second-order valence-electron chi connectivity index (χ2n) is 3.10. The smallest absolute Gasteiger partial charge is 0.158 e. The number of hydrogen-bond donors (Lipinski definition) is 1. The molecule has 1 unspecified atom stereocenters. The third-order valence-corrected chi connectivity index (χ3v) is 2.05. The van der Waals surface area contributed by atoms with Gasteiger partial charge in [0.2, 0.25) is 0 Å². The van der Waals surface area contributed by atoms with Gasteiger partial charge in [0.1, 0.15) is 11.9 Å². The monoisotopic (exact) mass is 190 g/mol. The summed E-state index contributed by atoms with van der Waals surface area (Å²) in [5.41, 5.74) is 0.332. The highest BCUT2D eigenvalue weighted by atomic mass is 16.5. The summed E-state index contributed by atoms with van der Waals surface area (Å²) in [7, 11) is 0. The molecule has 0 amide bonds. The van der Waals surface area contributed by atoms with E-state index < -0.39 is 0 Å². The highest BCUT2D eigenvalue weighted by molar-refractivity contribution is 5.34. The van der Waals surface area contributed by atoms with Crippen molar-refractivity contribution < 1.29 is 4.74 Å². The van der Waals surface area contributed by atoms with Crippen molar-refractivity contribution in [3.8, 4) is 6.07 Å². The largest absolute Gasteiger partial charge is 0.379 e. The van der Waals surface area contributed by atoms with Crippen molar-refractivity contribution in [3.63, 3.8) is 0 Å². The highest BCUT2D eigenvalue weighted by Crippen LogP contribution is 2.10. The number of nitrogens with zero attached hydrogens (tertiary/aromatic N) is 3. The van der Waals surface area contributed by atoms with Gasteiger partial charge in [0.05, 0.1) is 25.0 Å². The van der Waals surface area contributed by atoms with Crippen LogP contribution in [0.25, 0.3) is 0 Å². The van der Waals surface area contributed by atoms with Crippen LogP contribution in [0.4, 0.5) is 5.82 Å². The summed E-state index contributed by atoms with van der Waals surface area (Å²) >= 11 is 0. The first-order valence-electron chi connectivity index (χ1n) is 4.45. The molecule has 0 radical (unpaired) electrons. The van der Waals surface area contributed by atoms with Crippen molar-refractivity contribution in [2.45, 2.75) is 12.5 Å². The lowest BCUT2D eigenvalue weighted by Crippen LogP contribution is -2.19. The minimum atomic E-state index is 0.317. The molecule has 1 aromatic heterocycles. The second-order valence-corrected chi connectivity index (χ2v) is 3.10. The molecule has 0 bridgehead atoms. The zero-order chi connectivity index (χ0) is 9.80. The Morgan fingerprint density at radius 2 is 2.43 bits per heavy atom. The number of aromatic nitrogens is 2. The average molecular weight is 190 g/mol. The Labute approximate surface area is 81.7 Å². The van der Waals surface area contributed by atoms with Crippen LogP contribution in [0.15, 0.2) is 12.4 Å². The molecular weight excluding hydrogens is 180 g/mol. The van der Waals surface area contributed by atoms with Crippen molar-refractivity contribution in [1.82, 2.24) is 9.97 Å². The van der Waals surface area contributed by atoms with Crippen molar-refractivity contribution in [3.05, 3.63) is 18.1 Å². The molecule has 1 fully saturated rings. The lowest BCUT2D eigenvalue weighted by Gasteiger charge is -2.09. The van der Waals surface area contributed by atoms with Gasteiger partial charge in [0, 0.05) is 6.61 Å². The fourth-order valence-electron chi connectivity index (χ4n) is 1.32. The van der Waals surface area contributed by atoms with Gasteiger partial charge in [-0.25, -0.2) is 9.97 Å². The second kappa shape index (κ2) is 4.03. The summed E-state index contributed by atoms with van der Waals surface area (Å²) in [5.74, 6) is 0.694. The maximum Gasteiger partial charge on any atom is 0.158 e. The molecule has 0 aliphatic carbocycles. The predicted octanol–water partition coefficient (Wildman–Crippen LogP) is 0.549. The van der Waals surface area contributed by atoms with Gasteiger partial charge in [-0.1, -0.05) is 0 Å². The maximum absolute atomic E-state index is 8.52. The molecule has 5 heteroatoms. The van der Waals surface area contributed by atoms with Crippen molar-refractivity contribution in [2.75, 3.05) is 18.5 Å². The van der Waals surface area contributed by atoms with E-state index in [1.165, 1.54) is 6.20 Å². The van der Waals surface area contributed by atoms with Crippen molar-refractivity contribution in [2.24, 2.45) is 0 Å². The minimum absolute atomic E-state index is 0.317. The van der Waals surface area contributed by atoms with E-state index in [1.54, 1.807) is 6.20 Å². The Kier molecular flexibility index (Phi) is 2.56. The van der Waals surface area contributed by atoms with E-state index in [4.69, 9.17) is 10.00 Å². The molecule has 0 saturated carbocycles. The molecule has 14 heavy (non-hydrogen) atoms. The standard InChI is InChI=1S/C9H10N4O/c10-3-8-4-12-9(5-11-8)13-7-1-2-14-6-7/h4-5,7H,1-2,6H2,(H,12,13). The van der Waals surface area contributed by atoms with Crippen molar-refractivity contribution in [1.29, 1.82) is 5.26 Å². The van der Waals surface area contributed by atoms with Gasteiger partial charge in [-0.3, -0.25) is 0 Å². The van der Waals surface area contributed by atoms with E-state index in [2.05, 4.69) is 15.3 Å². The number of nitriles is 1. The van der Waals surface area contributed by atoms with Crippen LogP contribution in [0.3, 0.4) is 0 Å². The molecule has 0 aromatic carbocycles. The quantitative estimate of drug-likeness (QED) is 0.737. The molecule has 5 nitrogen and oxygen atoms in total. The fraction of sp³-hybridized carbons (Fsp3) is 0.444. The average Bonchev–Trinajstić information content (AvgIpc) is 2.72. The first-order chi connectivity index (χ1) is 6.88. The topological polar surface area (TPSA) is 70.8 Å². The first kappa shape index (κ1) is 8.91. The van der Waals surface area contributed by atoms with E-state index >= 15 is 0 Å². The molecule has 0 spiro atoms. The molecule has 1 aromatic rings. The van der Waals surface area contributed by atoms with Gasteiger partial charge in [-0.05, 0) is 6.42 Å². The number of rotatable bonds is 2. The Bertz CT molecular complexity index is 337. The Morgan fingerprint density at radius 1 is 1.50 bits per heavy atom. The molecule has 2 rings (SSSR count). The van der Waals surface area contributed by atoms with Crippen LogP contribution < -0.4 is 5.32 Å². The molecule has 1 aliphatic rings. The van der Waals surface area contributed by atoms with Crippen LogP contribution >= 0.6 is 0 Å². The molecule has 72 valence electrons. The van der Waals surface area contributed by atoms with Crippen LogP contribution in [0.1, 0.15) is 12.1 Å². The van der Waals surface area contributed by atoms with Gasteiger partial charge in [0.15, 0.2) is 5.69 Å². The van der Waals surface area contributed by atoms with Gasteiger partial charge in [0.25, 0.3) is 0 Å². The molecular formula is C9H10N4O. The van der Waals surface area contributed by atoms with Crippen molar-refractivity contribution >= 4 is 5.82 Å². The highest BCUT2D eigenvalue weighted by Gasteiger charge is 2.15. The fourth-order valence-corrected chi connectivity index (χ4v) is 1.32. The Morgan fingerprint density at radius 3 is 3.00 bits per heavy atom. The van der Waals surface area contributed by atoms with E-state index in [-0.39, 0.29) is 0 Å². The Hall–Kier alpha value is -1.67. The summed E-state index contributed by atoms with van der Waals surface area (Å²) in [6.45, 7) is 1.50. The summed E-state index contributed by atoms with van der Waals surface area (Å²) in [6.07, 6.45) is 4.01. The first-order valence-corrected chi connectivity index (χ1v) is 4.45. The SMILES string of the molecule is N#Cc1cnc(NC2CCOC2)cn1. The van der Waals surface area contributed by atoms with Gasteiger partial charge >= 0.3 is 0 Å². The van der Waals surface area contributed by atoms with Crippen LogP contribution in [0.5, 0.6) is 0 Å². The van der Waals surface area contributed by atoms with Crippen LogP contribution in [-0.2, 0) is 4.74 Å². The summed E-state index contributed by atoms with van der Waals surface area (Å²) in [6, 6.07) is 2.24. The third kappa shape index (κ3) is 1.98. The zero-order valence-corrected chi connectivity index (χ0v) is 7.60. The number of hydrogen-bond acceptors (Lipinski definition) is 5. The minimum Gasteiger partial charge on any atom is -0.379 e. The third-order valence-electron chi connectivity index (χ3n) is 2.05. The van der Waals surface area contributed by atoms with Crippen LogP contribution in [0, 0.1) is 11.3 Å². The van der Waals surface area contributed by atoms with Crippen LogP contribution in [-0.4, -0.2) is 29.2 Å². The molecule has 1 aliphatic heterocycles. The molecule has 1 N–H and O–H groups in total. The van der Waals surface area contributed by atoms with Gasteiger partial charge < -0.3 is 10.1 Å².